The lowest BCUT2D eigenvalue weighted by atomic mass is 9.88. The van der Waals surface area contributed by atoms with E-state index >= 15 is 0 Å². The highest BCUT2D eigenvalue weighted by atomic mass is 35.5. The van der Waals surface area contributed by atoms with Crippen molar-refractivity contribution in [3.05, 3.63) is 24.0 Å². The van der Waals surface area contributed by atoms with Gasteiger partial charge in [-0.25, -0.2) is 4.98 Å². The minimum Gasteiger partial charge on any atom is -0.369 e. The number of fused-ring (bicyclic) bond motifs is 1. The number of nitrogens with one attached hydrogen (secondary N) is 1. The average Bonchev–Trinajstić information content (AvgIpc) is 3.05. The van der Waals surface area contributed by atoms with Gasteiger partial charge in [-0.3, -0.25) is 0 Å². The summed E-state index contributed by atoms with van der Waals surface area (Å²) >= 11 is 6.18. The summed E-state index contributed by atoms with van der Waals surface area (Å²) < 4.78 is 1.85. The molecule has 1 N–H and O–H groups in total. The molecule has 0 saturated heterocycles. The molecule has 5 heteroatoms. The fourth-order valence-electron chi connectivity index (χ4n) is 2.94. The number of hydrogen-bond donors (Lipinski definition) is 1. The molecule has 102 valence electrons. The number of rotatable bonds is 4. The maximum absolute atomic E-state index is 6.18. The van der Waals surface area contributed by atoms with E-state index in [1.54, 1.807) is 6.33 Å². The Morgan fingerprint density at radius 2 is 2.16 bits per heavy atom. The van der Waals surface area contributed by atoms with Crippen LogP contribution in [0, 0.1) is 12.3 Å². The quantitative estimate of drug-likeness (QED) is 0.873. The van der Waals surface area contributed by atoms with Crippen LogP contribution in [-0.4, -0.2) is 27.0 Å². The molecule has 2 aromatic rings. The zero-order valence-electron chi connectivity index (χ0n) is 11.2. The van der Waals surface area contributed by atoms with Gasteiger partial charge in [-0.2, -0.15) is 9.61 Å². The molecule has 1 saturated carbocycles. The fraction of sp³-hybridized carbons (Fsp3) is 0.571. The molecule has 2 aromatic heterocycles. The highest BCUT2D eigenvalue weighted by Gasteiger charge is 2.32. The molecule has 0 amide bonds. The second-order valence-electron chi connectivity index (χ2n) is 5.64. The molecule has 0 atom stereocenters. The molecular formula is C14H19ClN4. The summed E-state index contributed by atoms with van der Waals surface area (Å²) in [6.07, 6.45) is 6.61. The van der Waals surface area contributed by atoms with Crippen molar-refractivity contribution in [3.8, 4) is 0 Å². The van der Waals surface area contributed by atoms with Crippen molar-refractivity contribution in [1.29, 1.82) is 0 Å². The average molecular weight is 279 g/mol. The molecule has 1 aliphatic rings. The number of aryl methyl sites for hydroxylation is 1. The first-order chi connectivity index (χ1) is 9.22. The highest BCUT2D eigenvalue weighted by molar-refractivity contribution is 6.18. The molecule has 1 fully saturated rings. The van der Waals surface area contributed by atoms with Crippen LogP contribution in [0.5, 0.6) is 0 Å². The van der Waals surface area contributed by atoms with Crippen molar-refractivity contribution >= 4 is 23.1 Å². The third-order valence-corrected chi connectivity index (χ3v) is 4.68. The fourth-order valence-corrected chi connectivity index (χ4v) is 3.30. The monoisotopic (exact) mass is 278 g/mol. The van der Waals surface area contributed by atoms with Gasteiger partial charge in [0.25, 0.3) is 0 Å². The maximum atomic E-state index is 6.18. The number of nitrogens with zero attached hydrogens (tertiary/aromatic N) is 3. The van der Waals surface area contributed by atoms with Gasteiger partial charge in [0.05, 0.1) is 0 Å². The lowest BCUT2D eigenvalue weighted by Crippen LogP contribution is -2.29. The van der Waals surface area contributed by atoms with Gasteiger partial charge in [0.2, 0.25) is 0 Å². The zero-order valence-corrected chi connectivity index (χ0v) is 12.0. The molecule has 0 bridgehead atoms. The first kappa shape index (κ1) is 12.7. The summed E-state index contributed by atoms with van der Waals surface area (Å²) in [5.41, 5.74) is 2.32. The normalized spacial score (nSPS) is 18.0. The highest BCUT2D eigenvalue weighted by Crippen LogP contribution is 2.39. The third-order valence-electron chi connectivity index (χ3n) is 4.12. The summed E-state index contributed by atoms with van der Waals surface area (Å²) in [4.78, 5) is 4.24. The van der Waals surface area contributed by atoms with Crippen molar-refractivity contribution in [1.82, 2.24) is 14.6 Å². The topological polar surface area (TPSA) is 42.2 Å². The predicted octanol–water partition coefficient (Wildman–Crippen LogP) is 3.25. The second kappa shape index (κ2) is 5.00. The van der Waals surface area contributed by atoms with Crippen molar-refractivity contribution in [2.24, 2.45) is 5.41 Å². The Bertz CT molecular complexity index is 572. The molecule has 0 aliphatic heterocycles. The van der Waals surface area contributed by atoms with E-state index < -0.39 is 0 Å². The molecule has 1 aliphatic carbocycles. The smallest absolute Gasteiger partial charge is 0.157 e. The Labute approximate surface area is 118 Å². The summed E-state index contributed by atoms with van der Waals surface area (Å²) in [7, 11) is 0. The molecule has 0 spiro atoms. The number of hydrogen-bond acceptors (Lipinski definition) is 3. The van der Waals surface area contributed by atoms with E-state index in [0.29, 0.717) is 0 Å². The Balaban J connectivity index is 1.83. The predicted molar refractivity (Wildman–Crippen MR) is 77.8 cm³/mol. The lowest BCUT2D eigenvalue weighted by Gasteiger charge is -2.27. The van der Waals surface area contributed by atoms with Crippen LogP contribution in [0.25, 0.3) is 5.65 Å². The summed E-state index contributed by atoms with van der Waals surface area (Å²) in [5, 5.41) is 7.79. The molecular weight excluding hydrogens is 260 g/mol. The van der Waals surface area contributed by atoms with Gasteiger partial charge < -0.3 is 5.32 Å². The van der Waals surface area contributed by atoms with Crippen molar-refractivity contribution < 1.29 is 0 Å². The Morgan fingerprint density at radius 3 is 2.89 bits per heavy atom. The van der Waals surface area contributed by atoms with Crippen LogP contribution in [0.4, 0.5) is 5.82 Å². The van der Waals surface area contributed by atoms with Gasteiger partial charge in [-0.05, 0) is 37.5 Å². The summed E-state index contributed by atoms with van der Waals surface area (Å²) in [5.74, 6) is 1.73. The number of halogens is 1. The number of pyridine rings is 1. The molecule has 4 nitrogen and oxygen atoms in total. The van der Waals surface area contributed by atoms with E-state index in [4.69, 9.17) is 11.6 Å². The number of anilines is 1. The Morgan fingerprint density at radius 1 is 1.37 bits per heavy atom. The standard InChI is InChI=1S/C14H19ClN4/c1-11-6-12(19-13(7-11)17-10-18-19)16-9-14(8-15)4-2-3-5-14/h6-7,10,16H,2-5,8-9H2,1H3. The van der Waals surface area contributed by atoms with Crippen LogP contribution in [-0.2, 0) is 0 Å². The Kier molecular flexibility index (Phi) is 3.35. The van der Waals surface area contributed by atoms with Crippen LogP contribution >= 0.6 is 11.6 Å². The minimum absolute atomic E-state index is 0.248. The molecule has 2 heterocycles. The van der Waals surface area contributed by atoms with Gasteiger partial charge in [0, 0.05) is 17.8 Å². The second-order valence-corrected chi connectivity index (χ2v) is 5.91. The zero-order chi connectivity index (χ0) is 13.3. The van der Waals surface area contributed by atoms with E-state index in [9.17, 15) is 0 Å². The molecule has 3 rings (SSSR count). The van der Waals surface area contributed by atoms with Gasteiger partial charge in [-0.1, -0.05) is 12.8 Å². The van der Waals surface area contributed by atoms with E-state index in [2.05, 4.69) is 28.4 Å². The lowest BCUT2D eigenvalue weighted by molar-refractivity contribution is 0.368. The van der Waals surface area contributed by atoms with Crippen LogP contribution in [0.1, 0.15) is 31.2 Å². The van der Waals surface area contributed by atoms with E-state index in [0.717, 1.165) is 23.9 Å². The van der Waals surface area contributed by atoms with Crippen molar-refractivity contribution in [2.75, 3.05) is 17.7 Å². The molecule has 0 radical (unpaired) electrons. The molecule has 0 unspecified atom stereocenters. The molecule has 0 aromatic carbocycles. The van der Waals surface area contributed by atoms with Gasteiger partial charge in [0.1, 0.15) is 12.1 Å². The largest absolute Gasteiger partial charge is 0.369 e. The van der Waals surface area contributed by atoms with Crippen molar-refractivity contribution in [2.45, 2.75) is 32.6 Å². The van der Waals surface area contributed by atoms with Gasteiger partial charge in [-0.15, -0.1) is 11.6 Å². The van der Waals surface area contributed by atoms with E-state index in [1.165, 1.54) is 31.2 Å². The van der Waals surface area contributed by atoms with Crippen LogP contribution < -0.4 is 5.32 Å². The van der Waals surface area contributed by atoms with Crippen LogP contribution in [0.3, 0.4) is 0 Å². The SMILES string of the molecule is Cc1cc(NCC2(CCl)CCCC2)n2ncnc2c1. The third kappa shape index (κ3) is 2.41. The number of alkyl halides is 1. The Hall–Kier alpha value is -1.29. The van der Waals surface area contributed by atoms with E-state index in [1.807, 2.05) is 10.6 Å². The van der Waals surface area contributed by atoms with Gasteiger partial charge >= 0.3 is 0 Å². The summed E-state index contributed by atoms with van der Waals surface area (Å²) in [6, 6.07) is 4.14. The van der Waals surface area contributed by atoms with E-state index in [-0.39, 0.29) is 5.41 Å². The van der Waals surface area contributed by atoms with Gasteiger partial charge in [0.15, 0.2) is 5.65 Å². The van der Waals surface area contributed by atoms with Crippen LogP contribution in [0.15, 0.2) is 18.5 Å². The molecule has 19 heavy (non-hydrogen) atoms. The minimum atomic E-state index is 0.248. The van der Waals surface area contributed by atoms with Crippen LogP contribution in [0.2, 0.25) is 0 Å². The number of aromatic nitrogens is 3. The first-order valence-electron chi connectivity index (χ1n) is 6.83. The summed E-state index contributed by atoms with van der Waals surface area (Å²) in [6.45, 7) is 2.99. The first-order valence-corrected chi connectivity index (χ1v) is 7.36. The van der Waals surface area contributed by atoms with Crippen molar-refractivity contribution in [3.63, 3.8) is 0 Å². The maximum Gasteiger partial charge on any atom is 0.157 e.